The molecule has 0 aliphatic heterocycles. The normalized spacial score (nSPS) is 11.5. The number of nitrogens with zero attached hydrogens (tertiary/aromatic N) is 4. The molecule has 3 aromatic heterocycles. The molecule has 11 heteroatoms. The van der Waals surface area contributed by atoms with Crippen molar-refractivity contribution in [3.63, 3.8) is 0 Å². The van der Waals surface area contributed by atoms with E-state index in [1.54, 1.807) is 12.3 Å². The number of imidazole rings is 1. The topological polar surface area (TPSA) is 153 Å². The minimum Gasteiger partial charge on any atom is -0.383 e. The Morgan fingerprint density at radius 3 is 2.29 bits per heavy atom. The van der Waals surface area contributed by atoms with Crippen LogP contribution in [0, 0.1) is 0 Å². The third-order valence-corrected chi connectivity index (χ3v) is 7.58. The van der Waals surface area contributed by atoms with Crippen LogP contribution in [-0.2, 0) is 16.7 Å². The lowest BCUT2D eigenvalue weighted by Crippen LogP contribution is -2.22. The van der Waals surface area contributed by atoms with Crippen LogP contribution < -0.4 is 11.1 Å². The molecule has 0 aliphatic carbocycles. The summed E-state index contributed by atoms with van der Waals surface area (Å²) in [4.78, 5) is 26.4. The van der Waals surface area contributed by atoms with E-state index in [0.29, 0.717) is 28.4 Å². The zero-order valence-corrected chi connectivity index (χ0v) is 22.9. The summed E-state index contributed by atoms with van der Waals surface area (Å²) in [6.07, 6.45) is 1.63. The number of nitrogens with two attached hydrogens (primary N) is 1. The van der Waals surface area contributed by atoms with Gasteiger partial charge in [0.05, 0.1) is 16.2 Å². The highest BCUT2D eigenvalue weighted by molar-refractivity contribution is 7.85. The Morgan fingerprint density at radius 1 is 0.857 bits per heavy atom. The average Bonchev–Trinajstić information content (AvgIpc) is 3.39. The Balaban J connectivity index is 1.32. The van der Waals surface area contributed by atoms with Crippen molar-refractivity contribution < 1.29 is 17.8 Å². The minimum atomic E-state index is -4.33. The molecule has 0 fully saturated rings. The summed E-state index contributed by atoms with van der Waals surface area (Å²) in [5.74, 6) is 0.567. The number of aromatic nitrogens is 4. The summed E-state index contributed by atoms with van der Waals surface area (Å²) in [7, 11) is -4.33. The molecular weight excluding hydrogens is 552 g/mol. The number of rotatable bonds is 7. The van der Waals surface area contributed by atoms with E-state index in [4.69, 9.17) is 20.3 Å². The number of amides is 1. The van der Waals surface area contributed by atoms with Gasteiger partial charge < -0.3 is 11.1 Å². The van der Waals surface area contributed by atoms with Gasteiger partial charge in [-0.3, -0.25) is 13.9 Å². The van der Waals surface area contributed by atoms with E-state index in [9.17, 15) is 13.2 Å². The maximum absolute atomic E-state index is 12.6. The Labute approximate surface area is 241 Å². The molecule has 0 atom stereocenters. The summed E-state index contributed by atoms with van der Waals surface area (Å²) < 4.78 is 33.6. The van der Waals surface area contributed by atoms with Crippen molar-refractivity contribution in [2.45, 2.75) is 11.4 Å². The van der Waals surface area contributed by atoms with Crippen LogP contribution in [0.5, 0.6) is 0 Å². The Kier molecular flexibility index (Phi) is 6.95. The third kappa shape index (κ3) is 5.33. The number of carbonyl (C=O) groups is 1. The largest absolute Gasteiger partial charge is 0.383 e. The maximum atomic E-state index is 12.6. The second-order valence-electron chi connectivity index (χ2n) is 9.46. The van der Waals surface area contributed by atoms with Crippen molar-refractivity contribution in [2.24, 2.45) is 0 Å². The molecule has 0 aliphatic rings. The molecule has 4 N–H and O–H groups in total. The SMILES string of the molecule is Nc1ncccc1-c1nc2ccc(-c3ccccc3)nc2n1-c1ccc(CNC(=O)c2ccc(S(=O)(=O)O)cc2)cc1. The fourth-order valence-electron chi connectivity index (χ4n) is 4.58. The summed E-state index contributed by atoms with van der Waals surface area (Å²) in [6.45, 7) is 0.239. The van der Waals surface area contributed by atoms with Gasteiger partial charge in [-0.25, -0.2) is 15.0 Å². The van der Waals surface area contributed by atoms with Gasteiger partial charge in [-0.1, -0.05) is 42.5 Å². The molecule has 0 bridgehead atoms. The molecule has 3 aromatic carbocycles. The lowest BCUT2D eigenvalue weighted by Gasteiger charge is -2.12. The number of fused-ring (bicyclic) bond motifs is 1. The summed E-state index contributed by atoms with van der Waals surface area (Å²) >= 11 is 0. The van der Waals surface area contributed by atoms with Gasteiger partial charge in [0.1, 0.15) is 11.3 Å². The predicted molar refractivity (Wildman–Crippen MR) is 159 cm³/mol. The average molecular weight is 577 g/mol. The maximum Gasteiger partial charge on any atom is 0.294 e. The number of nitrogen functional groups attached to an aromatic ring is 1. The first kappa shape index (κ1) is 26.8. The van der Waals surface area contributed by atoms with Gasteiger partial charge in [-0.2, -0.15) is 8.42 Å². The Hall–Kier alpha value is -5.39. The summed E-state index contributed by atoms with van der Waals surface area (Å²) in [5, 5.41) is 2.82. The second kappa shape index (κ2) is 10.9. The Morgan fingerprint density at radius 2 is 1.60 bits per heavy atom. The molecule has 0 saturated heterocycles. The summed E-state index contributed by atoms with van der Waals surface area (Å²) in [5.41, 5.74) is 12.0. The number of pyridine rings is 2. The van der Waals surface area contributed by atoms with Gasteiger partial charge >= 0.3 is 0 Å². The number of anilines is 1. The van der Waals surface area contributed by atoms with Crippen molar-refractivity contribution in [2.75, 3.05) is 5.73 Å². The zero-order chi connectivity index (χ0) is 29.3. The molecule has 6 rings (SSSR count). The van der Waals surface area contributed by atoms with Crippen LogP contribution in [0.4, 0.5) is 5.82 Å². The number of hydrogen-bond donors (Lipinski definition) is 3. The smallest absolute Gasteiger partial charge is 0.294 e. The molecule has 10 nitrogen and oxygen atoms in total. The van der Waals surface area contributed by atoms with Crippen LogP contribution in [-0.4, -0.2) is 38.4 Å². The van der Waals surface area contributed by atoms with Crippen molar-refractivity contribution >= 4 is 33.0 Å². The van der Waals surface area contributed by atoms with Gasteiger partial charge in [-0.05, 0) is 66.2 Å². The molecule has 3 heterocycles. The third-order valence-electron chi connectivity index (χ3n) is 6.72. The van der Waals surface area contributed by atoms with E-state index in [-0.39, 0.29) is 22.9 Å². The van der Waals surface area contributed by atoms with Crippen LogP contribution in [0.15, 0.2) is 114 Å². The fraction of sp³-hybridized carbons (Fsp3) is 0.0323. The van der Waals surface area contributed by atoms with Crippen molar-refractivity contribution in [1.29, 1.82) is 0 Å². The van der Waals surface area contributed by atoms with Crippen LogP contribution in [0.25, 0.3) is 39.5 Å². The van der Waals surface area contributed by atoms with E-state index in [2.05, 4.69) is 10.3 Å². The molecule has 6 aromatic rings. The minimum absolute atomic E-state index is 0.239. The van der Waals surface area contributed by atoms with E-state index >= 15 is 0 Å². The molecule has 42 heavy (non-hydrogen) atoms. The monoisotopic (exact) mass is 576 g/mol. The Bertz CT molecular complexity index is 2030. The van der Waals surface area contributed by atoms with Crippen LogP contribution >= 0.6 is 0 Å². The zero-order valence-electron chi connectivity index (χ0n) is 22.0. The van der Waals surface area contributed by atoms with Crippen molar-refractivity contribution in [3.05, 3.63) is 120 Å². The van der Waals surface area contributed by atoms with Crippen LogP contribution in [0.1, 0.15) is 15.9 Å². The van der Waals surface area contributed by atoms with Gasteiger partial charge in [-0.15, -0.1) is 0 Å². The first-order chi connectivity index (χ1) is 20.3. The molecule has 0 unspecified atom stereocenters. The van der Waals surface area contributed by atoms with E-state index in [1.807, 2.05) is 77.4 Å². The lowest BCUT2D eigenvalue weighted by molar-refractivity contribution is 0.0950. The molecule has 208 valence electrons. The van der Waals surface area contributed by atoms with Gasteiger partial charge in [0.2, 0.25) is 0 Å². The van der Waals surface area contributed by atoms with Gasteiger partial charge in [0, 0.05) is 29.6 Å². The molecule has 1 amide bonds. The first-order valence-electron chi connectivity index (χ1n) is 12.9. The number of carbonyl (C=O) groups excluding carboxylic acids is 1. The van der Waals surface area contributed by atoms with Crippen LogP contribution in [0.2, 0.25) is 0 Å². The quantitative estimate of drug-likeness (QED) is 0.227. The number of hydrogen-bond acceptors (Lipinski definition) is 7. The summed E-state index contributed by atoms with van der Waals surface area (Å²) in [6, 6.07) is 30.1. The van der Waals surface area contributed by atoms with Crippen molar-refractivity contribution in [3.8, 4) is 28.3 Å². The fourth-order valence-corrected chi connectivity index (χ4v) is 5.06. The van der Waals surface area contributed by atoms with E-state index < -0.39 is 10.1 Å². The number of benzene rings is 3. The van der Waals surface area contributed by atoms with Gasteiger partial charge in [0.15, 0.2) is 11.5 Å². The molecular formula is C31H24N6O4S. The molecule has 0 radical (unpaired) electrons. The number of nitrogens with one attached hydrogen (secondary N) is 1. The predicted octanol–water partition coefficient (Wildman–Crippen LogP) is 4.91. The second-order valence-corrected chi connectivity index (χ2v) is 10.9. The first-order valence-corrected chi connectivity index (χ1v) is 14.3. The van der Waals surface area contributed by atoms with E-state index in [1.165, 1.54) is 24.3 Å². The van der Waals surface area contributed by atoms with Crippen molar-refractivity contribution in [1.82, 2.24) is 24.8 Å². The molecule has 0 spiro atoms. The molecule has 0 saturated carbocycles. The lowest BCUT2D eigenvalue weighted by atomic mass is 10.1. The highest BCUT2D eigenvalue weighted by Crippen LogP contribution is 2.31. The van der Waals surface area contributed by atoms with E-state index in [0.717, 1.165) is 22.5 Å². The highest BCUT2D eigenvalue weighted by Gasteiger charge is 2.19. The van der Waals surface area contributed by atoms with Crippen LogP contribution in [0.3, 0.4) is 0 Å². The highest BCUT2D eigenvalue weighted by atomic mass is 32.2. The van der Waals surface area contributed by atoms with Gasteiger partial charge in [0.25, 0.3) is 16.0 Å². The standard InChI is InChI=1S/C31H24N6O4S/c32-28-25(7-4-18-33-28)29-36-27-17-16-26(21-5-2-1-3-6-21)35-30(27)37(29)23-12-8-20(9-13-23)19-34-31(38)22-10-14-24(15-11-22)42(39,40)41/h1-18H,19H2,(H2,32,33)(H,34,38)(H,39,40,41).